The van der Waals surface area contributed by atoms with Crippen molar-refractivity contribution in [3.8, 4) is 22.8 Å². The first-order valence-corrected chi connectivity index (χ1v) is 6.04. The average Bonchev–Trinajstić information content (AvgIpc) is 2.90. The summed E-state index contributed by atoms with van der Waals surface area (Å²) in [6.07, 6.45) is 4.82. The van der Waals surface area contributed by atoms with Crippen LogP contribution in [0.3, 0.4) is 0 Å². The lowest BCUT2D eigenvalue weighted by molar-refractivity contribution is 0.415. The smallest absolute Gasteiger partial charge is 0.174 e. The zero-order valence-electron chi connectivity index (χ0n) is 10.9. The first-order valence-electron chi connectivity index (χ1n) is 6.04. The third-order valence-electron chi connectivity index (χ3n) is 2.89. The van der Waals surface area contributed by atoms with Crippen molar-refractivity contribution in [2.45, 2.75) is 0 Å². The van der Waals surface area contributed by atoms with Crippen LogP contribution < -0.4 is 10.5 Å². The molecule has 2 N–H and O–H groups in total. The number of nitrogen functional groups attached to an aromatic ring is 1. The molecule has 0 aliphatic heterocycles. The fraction of sp³-hybridized carbons (Fsp3) is 0.0714. The lowest BCUT2D eigenvalue weighted by atomic mass is 10.1. The number of hydrogen-bond acceptors (Lipinski definition) is 5. The summed E-state index contributed by atoms with van der Waals surface area (Å²) in [7, 11) is 1.63. The van der Waals surface area contributed by atoms with Crippen LogP contribution in [0.2, 0.25) is 0 Å². The predicted octanol–water partition coefficient (Wildman–Crippen LogP) is 1.92. The third-order valence-corrected chi connectivity index (χ3v) is 2.89. The van der Waals surface area contributed by atoms with Crippen molar-refractivity contribution in [2.75, 3.05) is 12.8 Å². The zero-order chi connectivity index (χ0) is 13.9. The second-order valence-corrected chi connectivity index (χ2v) is 4.16. The molecule has 0 saturated carbocycles. The maximum Gasteiger partial charge on any atom is 0.174 e. The van der Waals surface area contributed by atoms with Crippen LogP contribution in [-0.4, -0.2) is 26.9 Å². The van der Waals surface area contributed by atoms with Crippen LogP contribution in [0.4, 0.5) is 5.82 Å². The van der Waals surface area contributed by atoms with E-state index in [9.17, 15) is 0 Å². The molecule has 0 aliphatic rings. The first-order chi connectivity index (χ1) is 9.78. The summed E-state index contributed by atoms with van der Waals surface area (Å²) >= 11 is 0. The van der Waals surface area contributed by atoms with E-state index in [1.54, 1.807) is 36.4 Å². The molecule has 0 saturated heterocycles. The van der Waals surface area contributed by atoms with Crippen molar-refractivity contribution < 1.29 is 4.74 Å². The van der Waals surface area contributed by atoms with Gasteiger partial charge in [0.2, 0.25) is 0 Å². The number of aromatic nitrogens is 4. The van der Waals surface area contributed by atoms with Gasteiger partial charge in [0.15, 0.2) is 5.82 Å². The van der Waals surface area contributed by atoms with Crippen LogP contribution >= 0.6 is 0 Å². The van der Waals surface area contributed by atoms with Crippen LogP contribution in [0.5, 0.6) is 5.75 Å². The highest BCUT2D eigenvalue weighted by atomic mass is 16.5. The van der Waals surface area contributed by atoms with Gasteiger partial charge in [-0.2, -0.15) is 9.78 Å². The summed E-state index contributed by atoms with van der Waals surface area (Å²) in [6, 6.07) is 9.43. The molecule has 0 unspecified atom stereocenters. The molecule has 100 valence electrons. The first kappa shape index (κ1) is 12.2. The van der Waals surface area contributed by atoms with Crippen molar-refractivity contribution in [3.63, 3.8) is 0 Å². The number of ether oxygens (including phenoxy) is 1. The van der Waals surface area contributed by atoms with Gasteiger partial charge in [-0.1, -0.05) is 0 Å². The highest BCUT2D eigenvalue weighted by Crippen LogP contribution is 2.24. The maximum absolute atomic E-state index is 5.97. The standard InChI is InChI=1S/C14H13N5O/c1-20-11-4-2-10(3-5-11)12-8-13(15)19(18-12)14-9-16-6-7-17-14/h2-9H,15H2,1H3. The molecule has 2 heterocycles. The normalized spacial score (nSPS) is 10.4. The lowest BCUT2D eigenvalue weighted by Crippen LogP contribution is -2.03. The number of methoxy groups -OCH3 is 1. The second kappa shape index (κ2) is 5.00. The summed E-state index contributed by atoms with van der Waals surface area (Å²) in [6.45, 7) is 0. The Balaban J connectivity index is 2.00. The van der Waals surface area contributed by atoms with Gasteiger partial charge in [-0.15, -0.1) is 0 Å². The number of hydrogen-bond donors (Lipinski definition) is 1. The third kappa shape index (κ3) is 2.18. The van der Waals surface area contributed by atoms with Gasteiger partial charge in [0.1, 0.15) is 11.6 Å². The van der Waals surface area contributed by atoms with Gasteiger partial charge >= 0.3 is 0 Å². The van der Waals surface area contributed by atoms with Crippen molar-refractivity contribution in [2.24, 2.45) is 0 Å². The van der Waals surface area contributed by atoms with E-state index < -0.39 is 0 Å². The average molecular weight is 267 g/mol. The Morgan fingerprint density at radius 2 is 1.95 bits per heavy atom. The summed E-state index contributed by atoms with van der Waals surface area (Å²) in [5, 5.41) is 4.45. The monoisotopic (exact) mass is 267 g/mol. The molecule has 6 heteroatoms. The quantitative estimate of drug-likeness (QED) is 0.784. The van der Waals surface area contributed by atoms with Crippen molar-refractivity contribution in [3.05, 3.63) is 48.9 Å². The Morgan fingerprint density at radius 1 is 1.15 bits per heavy atom. The summed E-state index contributed by atoms with van der Waals surface area (Å²) in [4.78, 5) is 8.19. The van der Waals surface area contributed by atoms with E-state index in [0.29, 0.717) is 11.6 Å². The second-order valence-electron chi connectivity index (χ2n) is 4.16. The minimum absolute atomic E-state index is 0.510. The number of nitrogens with two attached hydrogens (primary N) is 1. The van der Waals surface area contributed by atoms with Gasteiger partial charge in [0.25, 0.3) is 0 Å². The van der Waals surface area contributed by atoms with E-state index in [1.165, 1.54) is 0 Å². The molecule has 0 bridgehead atoms. The molecule has 2 aromatic heterocycles. The molecule has 0 spiro atoms. The van der Waals surface area contributed by atoms with Crippen LogP contribution in [0.15, 0.2) is 48.9 Å². The Morgan fingerprint density at radius 3 is 2.60 bits per heavy atom. The highest BCUT2D eigenvalue weighted by Gasteiger charge is 2.09. The highest BCUT2D eigenvalue weighted by molar-refractivity contribution is 5.64. The largest absolute Gasteiger partial charge is 0.497 e. The molecule has 0 radical (unpaired) electrons. The molecule has 3 rings (SSSR count). The molecular weight excluding hydrogens is 254 g/mol. The zero-order valence-corrected chi connectivity index (χ0v) is 10.9. The Kier molecular flexibility index (Phi) is 3.04. The van der Waals surface area contributed by atoms with Gasteiger partial charge in [-0.05, 0) is 24.3 Å². The van der Waals surface area contributed by atoms with Crippen molar-refractivity contribution >= 4 is 5.82 Å². The Hall–Kier alpha value is -2.89. The van der Waals surface area contributed by atoms with E-state index in [1.807, 2.05) is 24.3 Å². The molecule has 6 nitrogen and oxygen atoms in total. The Labute approximate surface area is 115 Å². The van der Waals surface area contributed by atoms with E-state index >= 15 is 0 Å². The van der Waals surface area contributed by atoms with Gasteiger partial charge in [0, 0.05) is 24.0 Å². The maximum atomic E-state index is 5.97. The van der Waals surface area contributed by atoms with Crippen LogP contribution in [0.25, 0.3) is 17.1 Å². The SMILES string of the molecule is COc1ccc(-c2cc(N)n(-c3cnccn3)n2)cc1. The Bertz CT molecular complexity index is 706. The fourth-order valence-electron chi connectivity index (χ4n) is 1.88. The lowest BCUT2D eigenvalue weighted by Gasteiger charge is -2.01. The van der Waals surface area contributed by atoms with Crippen molar-refractivity contribution in [1.82, 2.24) is 19.7 Å². The van der Waals surface area contributed by atoms with Gasteiger partial charge in [-0.25, -0.2) is 4.98 Å². The molecule has 1 aromatic carbocycles. The minimum atomic E-state index is 0.510. The number of rotatable bonds is 3. The number of nitrogens with zero attached hydrogens (tertiary/aromatic N) is 4. The van der Waals surface area contributed by atoms with Gasteiger partial charge in [-0.3, -0.25) is 4.98 Å². The van der Waals surface area contributed by atoms with Gasteiger partial charge < -0.3 is 10.5 Å². The molecular formula is C14H13N5O. The number of benzene rings is 1. The van der Waals surface area contributed by atoms with E-state index in [-0.39, 0.29) is 0 Å². The van der Waals surface area contributed by atoms with Crippen molar-refractivity contribution in [1.29, 1.82) is 0 Å². The summed E-state index contributed by atoms with van der Waals surface area (Å²) in [5.74, 6) is 1.90. The number of anilines is 1. The summed E-state index contributed by atoms with van der Waals surface area (Å²) < 4.78 is 6.70. The molecule has 0 amide bonds. The molecule has 0 aliphatic carbocycles. The minimum Gasteiger partial charge on any atom is -0.497 e. The van der Waals surface area contributed by atoms with Crippen LogP contribution in [0.1, 0.15) is 0 Å². The fourth-order valence-corrected chi connectivity index (χ4v) is 1.88. The molecule has 20 heavy (non-hydrogen) atoms. The van der Waals surface area contributed by atoms with E-state index in [0.717, 1.165) is 17.0 Å². The van der Waals surface area contributed by atoms with Crippen LogP contribution in [-0.2, 0) is 0 Å². The molecule has 0 fully saturated rings. The molecule has 3 aromatic rings. The van der Waals surface area contributed by atoms with Gasteiger partial charge in [0.05, 0.1) is 19.0 Å². The van der Waals surface area contributed by atoms with E-state index in [2.05, 4.69) is 15.1 Å². The topological polar surface area (TPSA) is 78.9 Å². The van der Waals surface area contributed by atoms with Crippen LogP contribution in [0, 0.1) is 0 Å². The van der Waals surface area contributed by atoms with E-state index in [4.69, 9.17) is 10.5 Å². The molecule has 0 atom stereocenters. The predicted molar refractivity (Wildman–Crippen MR) is 75.6 cm³/mol. The summed E-state index contributed by atoms with van der Waals surface area (Å²) in [5.41, 5.74) is 7.71.